The average molecular weight is 519 g/mol. The van der Waals surface area contributed by atoms with E-state index in [1.807, 2.05) is 87.0 Å². The largest absolute Gasteiger partial charge is 0.457 e. The van der Waals surface area contributed by atoms with Crippen molar-refractivity contribution in [3.63, 3.8) is 0 Å². The molecule has 1 saturated heterocycles. The fourth-order valence-electron chi connectivity index (χ4n) is 4.55. The van der Waals surface area contributed by atoms with Crippen molar-refractivity contribution in [1.29, 1.82) is 0 Å². The van der Waals surface area contributed by atoms with Gasteiger partial charge in [0.15, 0.2) is 5.84 Å². The minimum atomic E-state index is -0.574. The quantitative estimate of drug-likeness (QED) is 0.206. The minimum absolute atomic E-state index is 0.00964. The van der Waals surface area contributed by atoms with E-state index in [9.17, 15) is 9.59 Å². The second-order valence-corrected chi connectivity index (χ2v) is 10.2. The standard InChI is InChI=1S/C28H34N6O4/c1-19-24(26(29)31-30-18-35)32-34(21-12-14-23(15-13-21)37-22-10-6-5-7-11-22)25(19)20-9-8-16-33(17-20)27(36)38-28(2,3)4/h5-7,10-15,18,20H,8-9,16-17H2,1-4H3,(H2,29,31)(H,30,35). The molecule has 0 spiro atoms. The number of nitrogens with one attached hydrogen (secondary N) is 1. The van der Waals surface area contributed by atoms with Crippen molar-refractivity contribution in [1.82, 2.24) is 20.1 Å². The van der Waals surface area contributed by atoms with E-state index in [-0.39, 0.29) is 17.8 Å². The number of piperidine rings is 1. The summed E-state index contributed by atoms with van der Waals surface area (Å²) in [5, 5.41) is 8.69. The second kappa shape index (κ2) is 11.4. The first-order valence-corrected chi connectivity index (χ1v) is 12.6. The van der Waals surface area contributed by atoms with Gasteiger partial charge in [0.1, 0.15) is 22.8 Å². The number of amidine groups is 1. The van der Waals surface area contributed by atoms with Gasteiger partial charge >= 0.3 is 6.09 Å². The van der Waals surface area contributed by atoms with Crippen molar-refractivity contribution in [3.05, 3.63) is 71.5 Å². The smallest absolute Gasteiger partial charge is 0.410 e. The molecule has 0 aliphatic carbocycles. The molecule has 4 rings (SSSR count). The molecule has 2 heterocycles. The van der Waals surface area contributed by atoms with Crippen LogP contribution in [0.1, 0.15) is 56.5 Å². The number of carbonyl (C=O) groups excluding carboxylic acids is 2. The number of aromatic nitrogens is 2. The molecule has 1 fully saturated rings. The Labute approximate surface area is 222 Å². The summed E-state index contributed by atoms with van der Waals surface area (Å²) in [6.45, 7) is 8.62. The number of hydrogen-bond donors (Lipinski definition) is 2. The van der Waals surface area contributed by atoms with E-state index in [2.05, 4.69) is 10.5 Å². The summed E-state index contributed by atoms with van der Waals surface area (Å²) >= 11 is 0. The van der Waals surface area contributed by atoms with Crippen molar-refractivity contribution in [2.75, 3.05) is 13.1 Å². The number of benzene rings is 2. The van der Waals surface area contributed by atoms with Gasteiger partial charge in [0, 0.05) is 24.6 Å². The molecule has 3 aromatic rings. The third kappa shape index (κ3) is 6.31. The lowest BCUT2D eigenvalue weighted by Gasteiger charge is -2.34. The molecule has 2 amide bonds. The third-order valence-electron chi connectivity index (χ3n) is 6.17. The molecular formula is C28H34N6O4. The first kappa shape index (κ1) is 26.7. The van der Waals surface area contributed by atoms with Gasteiger partial charge in [0.25, 0.3) is 0 Å². The Bertz CT molecular complexity index is 1300. The van der Waals surface area contributed by atoms with Gasteiger partial charge in [-0.2, -0.15) is 10.2 Å². The van der Waals surface area contributed by atoms with Gasteiger partial charge in [-0.1, -0.05) is 18.2 Å². The Kier molecular flexibility index (Phi) is 7.99. The van der Waals surface area contributed by atoms with Gasteiger partial charge in [-0.25, -0.2) is 14.9 Å². The highest BCUT2D eigenvalue weighted by Crippen LogP contribution is 2.33. The monoisotopic (exact) mass is 518 g/mol. The van der Waals surface area contributed by atoms with E-state index in [1.165, 1.54) is 0 Å². The molecule has 1 aromatic heterocycles. The zero-order chi connectivity index (χ0) is 27.3. The Morgan fingerprint density at radius 2 is 1.82 bits per heavy atom. The molecule has 3 N–H and O–H groups in total. The first-order valence-electron chi connectivity index (χ1n) is 12.6. The van der Waals surface area contributed by atoms with Crippen LogP contribution in [0.3, 0.4) is 0 Å². The molecular weight excluding hydrogens is 484 g/mol. The molecule has 38 heavy (non-hydrogen) atoms. The number of hydrogen-bond acceptors (Lipinski definition) is 6. The third-order valence-corrected chi connectivity index (χ3v) is 6.17. The number of rotatable bonds is 7. The van der Waals surface area contributed by atoms with Crippen LogP contribution in [0.4, 0.5) is 4.79 Å². The SMILES string of the molecule is Cc1c(/C(N)=N\NC=O)nn(-c2ccc(Oc3ccccc3)cc2)c1C1CCCN(C(=O)OC(C)(C)C)C1. The second-order valence-electron chi connectivity index (χ2n) is 10.2. The van der Waals surface area contributed by atoms with Crippen LogP contribution in [-0.4, -0.2) is 51.7 Å². The van der Waals surface area contributed by atoms with E-state index in [0.29, 0.717) is 30.9 Å². The maximum atomic E-state index is 12.8. The Morgan fingerprint density at radius 3 is 2.47 bits per heavy atom. The van der Waals surface area contributed by atoms with E-state index in [4.69, 9.17) is 20.3 Å². The minimum Gasteiger partial charge on any atom is -0.457 e. The predicted octanol–water partition coefficient (Wildman–Crippen LogP) is 4.45. The summed E-state index contributed by atoms with van der Waals surface area (Å²) in [6.07, 6.45) is 1.81. The van der Waals surface area contributed by atoms with Crippen molar-refractivity contribution in [2.45, 2.75) is 52.1 Å². The number of para-hydroxylation sites is 1. The number of nitrogens with zero attached hydrogens (tertiary/aromatic N) is 4. The van der Waals surface area contributed by atoms with E-state index >= 15 is 0 Å². The Hall–Kier alpha value is -4.34. The molecule has 0 bridgehead atoms. The number of carbonyl (C=O) groups is 2. The van der Waals surface area contributed by atoms with Gasteiger partial charge in [-0.05, 0) is 76.9 Å². The summed E-state index contributed by atoms with van der Waals surface area (Å²) in [5.41, 5.74) is 10.9. The molecule has 1 unspecified atom stereocenters. The number of hydrazone groups is 1. The van der Waals surface area contributed by atoms with Crippen LogP contribution < -0.4 is 15.9 Å². The maximum absolute atomic E-state index is 12.8. The fourth-order valence-corrected chi connectivity index (χ4v) is 4.55. The van der Waals surface area contributed by atoms with Crippen molar-refractivity contribution in [3.8, 4) is 17.2 Å². The summed E-state index contributed by atoms with van der Waals surface area (Å²) in [7, 11) is 0. The van der Waals surface area contributed by atoms with E-state index in [0.717, 1.165) is 35.5 Å². The molecule has 10 heteroatoms. The maximum Gasteiger partial charge on any atom is 0.410 e. The molecule has 200 valence electrons. The van der Waals surface area contributed by atoms with Gasteiger partial charge in [0.2, 0.25) is 6.41 Å². The number of nitrogens with two attached hydrogens (primary N) is 1. The van der Waals surface area contributed by atoms with Gasteiger partial charge in [-0.3, -0.25) is 4.79 Å². The zero-order valence-corrected chi connectivity index (χ0v) is 22.2. The molecule has 0 radical (unpaired) electrons. The van der Waals surface area contributed by atoms with E-state index < -0.39 is 5.60 Å². The highest BCUT2D eigenvalue weighted by Gasteiger charge is 2.32. The molecule has 0 saturated carbocycles. The molecule has 1 aliphatic rings. The lowest BCUT2D eigenvalue weighted by molar-refractivity contribution is -0.109. The summed E-state index contributed by atoms with van der Waals surface area (Å²) in [4.78, 5) is 25.4. The van der Waals surface area contributed by atoms with E-state index in [1.54, 1.807) is 4.90 Å². The van der Waals surface area contributed by atoms with Crippen LogP contribution in [0.25, 0.3) is 5.69 Å². The van der Waals surface area contributed by atoms with Gasteiger partial charge in [-0.15, -0.1) is 0 Å². The number of ether oxygens (including phenoxy) is 2. The van der Waals surface area contributed by atoms with Crippen LogP contribution in [-0.2, 0) is 9.53 Å². The van der Waals surface area contributed by atoms with Gasteiger partial charge in [0.05, 0.1) is 11.4 Å². The van der Waals surface area contributed by atoms with Crippen LogP contribution in [0, 0.1) is 6.92 Å². The van der Waals surface area contributed by atoms with Crippen LogP contribution in [0.2, 0.25) is 0 Å². The summed E-state index contributed by atoms with van der Waals surface area (Å²) < 4.78 is 13.4. The Morgan fingerprint density at radius 1 is 1.13 bits per heavy atom. The number of likely N-dealkylation sites (tertiary alicyclic amines) is 1. The zero-order valence-electron chi connectivity index (χ0n) is 22.2. The van der Waals surface area contributed by atoms with Crippen LogP contribution in [0.5, 0.6) is 11.5 Å². The van der Waals surface area contributed by atoms with Crippen molar-refractivity contribution in [2.24, 2.45) is 10.8 Å². The normalized spacial score (nSPS) is 16.2. The van der Waals surface area contributed by atoms with Crippen molar-refractivity contribution >= 4 is 18.3 Å². The Balaban J connectivity index is 1.68. The lowest BCUT2D eigenvalue weighted by Crippen LogP contribution is -2.42. The molecule has 1 aliphatic heterocycles. The highest BCUT2D eigenvalue weighted by atomic mass is 16.6. The summed E-state index contributed by atoms with van der Waals surface area (Å²) in [6, 6.07) is 17.1. The molecule has 10 nitrogen and oxygen atoms in total. The van der Waals surface area contributed by atoms with Gasteiger partial charge < -0.3 is 20.1 Å². The number of amides is 2. The topological polar surface area (TPSA) is 124 Å². The van der Waals surface area contributed by atoms with Crippen molar-refractivity contribution < 1.29 is 19.1 Å². The summed E-state index contributed by atoms with van der Waals surface area (Å²) in [5.74, 6) is 1.52. The molecule has 2 aromatic carbocycles. The fraction of sp³-hybridized carbons (Fsp3) is 0.357. The average Bonchev–Trinajstić information content (AvgIpc) is 3.24. The molecule has 1 atom stereocenters. The predicted molar refractivity (Wildman–Crippen MR) is 145 cm³/mol. The highest BCUT2D eigenvalue weighted by molar-refractivity contribution is 5.97. The lowest BCUT2D eigenvalue weighted by atomic mass is 9.92. The van der Waals surface area contributed by atoms with Crippen LogP contribution >= 0.6 is 0 Å². The first-order chi connectivity index (χ1) is 18.2. The van der Waals surface area contributed by atoms with Crippen LogP contribution in [0.15, 0.2) is 59.7 Å².